The van der Waals surface area contributed by atoms with E-state index in [4.69, 9.17) is 0 Å². The summed E-state index contributed by atoms with van der Waals surface area (Å²) in [7, 11) is 0. The third kappa shape index (κ3) is 3.05. The molecular weight excluding hydrogens is 222 g/mol. The van der Waals surface area contributed by atoms with Gasteiger partial charge in [-0.05, 0) is 45.6 Å². The highest BCUT2D eigenvalue weighted by Crippen LogP contribution is 2.30. The van der Waals surface area contributed by atoms with Crippen LogP contribution in [0.5, 0.6) is 5.75 Å². The molecule has 2 nitrogen and oxygen atoms in total. The number of nitrogens with one attached hydrogen (secondary N) is 1. The minimum atomic E-state index is 0.209. The molecule has 2 atom stereocenters. The summed E-state index contributed by atoms with van der Waals surface area (Å²) < 4.78 is 0. The van der Waals surface area contributed by atoms with E-state index in [-0.39, 0.29) is 6.04 Å². The lowest BCUT2D eigenvalue weighted by atomic mass is 9.97. The second-order valence-corrected chi connectivity index (χ2v) is 5.78. The van der Waals surface area contributed by atoms with Gasteiger partial charge >= 0.3 is 0 Å². The second-order valence-electron chi connectivity index (χ2n) is 5.78. The predicted octanol–water partition coefficient (Wildman–Crippen LogP) is 3.93. The Labute approximate surface area is 110 Å². The van der Waals surface area contributed by atoms with Gasteiger partial charge in [0, 0.05) is 17.6 Å². The number of rotatable bonds is 4. The average molecular weight is 247 g/mol. The second kappa shape index (κ2) is 5.75. The van der Waals surface area contributed by atoms with Crippen molar-refractivity contribution in [3.05, 3.63) is 29.3 Å². The number of hydrogen-bond donors (Lipinski definition) is 2. The minimum Gasteiger partial charge on any atom is -0.508 e. The number of benzene rings is 1. The smallest absolute Gasteiger partial charge is 0.120 e. The van der Waals surface area contributed by atoms with Gasteiger partial charge in [-0.1, -0.05) is 30.5 Å². The van der Waals surface area contributed by atoms with Crippen LogP contribution in [-0.2, 0) is 0 Å². The van der Waals surface area contributed by atoms with Gasteiger partial charge in [0.1, 0.15) is 5.75 Å². The maximum absolute atomic E-state index is 9.94. The van der Waals surface area contributed by atoms with E-state index < -0.39 is 0 Å². The van der Waals surface area contributed by atoms with Gasteiger partial charge in [-0.3, -0.25) is 0 Å². The minimum absolute atomic E-state index is 0.209. The van der Waals surface area contributed by atoms with Crippen LogP contribution in [-0.4, -0.2) is 11.1 Å². The summed E-state index contributed by atoms with van der Waals surface area (Å²) in [4.78, 5) is 0. The lowest BCUT2D eigenvalue weighted by molar-refractivity contribution is 0.347. The van der Waals surface area contributed by atoms with Crippen LogP contribution in [0.3, 0.4) is 0 Å². The van der Waals surface area contributed by atoms with Gasteiger partial charge < -0.3 is 10.4 Å². The number of aryl methyl sites for hydroxylation is 1. The lowest BCUT2D eigenvalue weighted by Gasteiger charge is -2.25. The molecule has 1 aliphatic rings. The molecule has 100 valence electrons. The summed E-state index contributed by atoms with van der Waals surface area (Å²) in [6.45, 7) is 6.48. The Bertz CT molecular complexity index is 396. The summed E-state index contributed by atoms with van der Waals surface area (Å²) in [5.74, 6) is 1.21. The monoisotopic (exact) mass is 247 g/mol. The summed E-state index contributed by atoms with van der Waals surface area (Å²) in [6, 6.07) is 6.56. The number of phenols is 1. The molecule has 0 aromatic heterocycles. The van der Waals surface area contributed by atoms with Crippen molar-refractivity contribution >= 4 is 0 Å². The molecule has 0 amide bonds. The zero-order chi connectivity index (χ0) is 13.1. The summed E-state index contributed by atoms with van der Waals surface area (Å²) in [6.07, 6.45) is 5.45. The topological polar surface area (TPSA) is 32.3 Å². The standard InChI is InChI=1S/C16H25NO/c1-11-8-9-16(18)15(10-11)13(3)17-12(2)14-6-4-5-7-14/h8-10,12-14,17-18H,4-7H2,1-3H3/t12-,13?/m1/s1. The maximum atomic E-state index is 9.94. The van der Waals surface area contributed by atoms with E-state index in [1.165, 1.54) is 31.2 Å². The van der Waals surface area contributed by atoms with Gasteiger partial charge in [0.2, 0.25) is 0 Å². The Morgan fingerprint density at radius 3 is 2.56 bits per heavy atom. The first-order valence-electron chi connectivity index (χ1n) is 7.13. The van der Waals surface area contributed by atoms with E-state index in [0.29, 0.717) is 11.8 Å². The fourth-order valence-electron chi connectivity index (χ4n) is 3.10. The van der Waals surface area contributed by atoms with Crippen molar-refractivity contribution in [3.8, 4) is 5.75 Å². The normalized spacial score (nSPS) is 19.9. The molecule has 0 bridgehead atoms. The van der Waals surface area contributed by atoms with Gasteiger partial charge in [0.05, 0.1) is 0 Å². The predicted molar refractivity (Wildman–Crippen MR) is 75.8 cm³/mol. The van der Waals surface area contributed by atoms with Crippen LogP contribution in [0.1, 0.15) is 56.7 Å². The first-order chi connectivity index (χ1) is 8.58. The van der Waals surface area contributed by atoms with Gasteiger partial charge in [0.15, 0.2) is 0 Å². The quantitative estimate of drug-likeness (QED) is 0.845. The van der Waals surface area contributed by atoms with Crippen molar-refractivity contribution < 1.29 is 5.11 Å². The molecule has 0 radical (unpaired) electrons. The first kappa shape index (κ1) is 13.4. The molecule has 1 aliphatic carbocycles. The molecule has 0 spiro atoms. The highest BCUT2D eigenvalue weighted by molar-refractivity contribution is 5.37. The summed E-state index contributed by atoms with van der Waals surface area (Å²) >= 11 is 0. The molecule has 2 rings (SSSR count). The Balaban J connectivity index is 2.02. The molecular formula is C16H25NO. The van der Waals surface area contributed by atoms with Crippen LogP contribution in [0, 0.1) is 12.8 Å². The Hall–Kier alpha value is -1.02. The van der Waals surface area contributed by atoms with Crippen molar-refractivity contribution in [2.45, 2.75) is 58.5 Å². The molecule has 18 heavy (non-hydrogen) atoms. The lowest BCUT2D eigenvalue weighted by Crippen LogP contribution is -2.34. The van der Waals surface area contributed by atoms with Crippen molar-refractivity contribution in [2.75, 3.05) is 0 Å². The average Bonchev–Trinajstić information content (AvgIpc) is 2.85. The van der Waals surface area contributed by atoms with Crippen molar-refractivity contribution in [1.29, 1.82) is 0 Å². The van der Waals surface area contributed by atoms with Crippen LogP contribution >= 0.6 is 0 Å². The Morgan fingerprint density at radius 1 is 1.22 bits per heavy atom. The van der Waals surface area contributed by atoms with Crippen LogP contribution in [0.4, 0.5) is 0 Å². The zero-order valence-electron chi connectivity index (χ0n) is 11.7. The highest BCUT2D eigenvalue weighted by Gasteiger charge is 2.23. The number of phenolic OH excluding ortho intramolecular Hbond substituents is 1. The van der Waals surface area contributed by atoms with Gasteiger partial charge in [-0.2, -0.15) is 0 Å². The largest absolute Gasteiger partial charge is 0.508 e. The fourth-order valence-corrected chi connectivity index (χ4v) is 3.10. The maximum Gasteiger partial charge on any atom is 0.120 e. The summed E-state index contributed by atoms with van der Waals surface area (Å²) in [5.41, 5.74) is 2.21. The first-order valence-corrected chi connectivity index (χ1v) is 7.13. The van der Waals surface area contributed by atoms with Crippen molar-refractivity contribution in [1.82, 2.24) is 5.32 Å². The third-order valence-corrected chi connectivity index (χ3v) is 4.27. The molecule has 0 saturated heterocycles. The number of hydrogen-bond acceptors (Lipinski definition) is 2. The van der Waals surface area contributed by atoms with Gasteiger partial charge in [-0.25, -0.2) is 0 Å². The SMILES string of the molecule is Cc1ccc(O)c(C(C)N[C@H](C)C2CCCC2)c1. The van der Waals surface area contributed by atoms with E-state index in [9.17, 15) is 5.11 Å². The molecule has 2 heteroatoms. The van der Waals surface area contributed by atoms with E-state index in [1.54, 1.807) is 6.07 Å². The molecule has 0 heterocycles. The van der Waals surface area contributed by atoms with E-state index in [0.717, 1.165) is 11.5 Å². The summed E-state index contributed by atoms with van der Waals surface area (Å²) in [5, 5.41) is 13.6. The van der Waals surface area contributed by atoms with E-state index in [2.05, 4.69) is 32.2 Å². The van der Waals surface area contributed by atoms with Crippen LogP contribution in [0.15, 0.2) is 18.2 Å². The van der Waals surface area contributed by atoms with E-state index >= 15 is 0 Å². The molecule has 0 aliphatic heterocycles. The Kier molecular flexibility index (Phi) is 4.28. The molecule has 1 fully saturated rings. The Morgan fingerprint density at radius 2 is 1.89 bits per heavy atom. The third-order valence-electron chi connectivity index (χ3n) is 4.27. The van der Waals surface area contributed by atoms with Crippen LogP contribution in [0.25, 0.3) is 0 Å². The molecule has 1 aromatic rings. The molecule has 1 unspecified atom stereocenters. The molecule has 2 N–H and O–H groups in total. The molecule has 1 saturated carbocycles. The van der Waals surface area contributed by atoms with Gasteiger partial charge in [0.25, 0.3) is 0 Å². The van der Waals surface area contributed by atoms with Crippen molar-refractivity contribution in [2.24, 2.45) is 5.92 Å². The zero-order valence-corrected chi connectivity index (χ0v) is 11.7. The molecule has 1 aromatic carbocycles. The fraction of sp³-hybridized carbons (Fsp3) is 0.625. The highest BCUT2D eigenvalue weighted by atomic mass is 16.3. The van der Waals surface area contributed by atoms with Crippen LogP contribution in [0.2, 0.25) is 0 Å². The van der Waals surface area contributed by atoms with Gasteiger partial charge in [-0.15, -0.1) is 0 Å². The van der Waals surface area contributed by atoms with E-state index in [1.807, 2.05) is 6.07 Å². The van der Waals surface area contributed by atoms with Crippen LogP contribution < -0.4 is 5.32 Å². The van der Waals surface area contributed by atoms with Crippen molar-refractivity contribution in [3.63, 3.8) is 0 Å². The number of aromatic hydroxyl groups is 1.